The number of rotatable bonds is 7. The number of halogens is 3. The van der Waals surface area contributed by atoms with Crippen molar-refractivity contribution in [3.05, 3.63) is 59.9 Å². The van der Waals surface area contributed by atoms with E-state index in [0.717, 1.165) is 5.56 Å². The summed E-state index contributed by atoms with van der Waals surface area (Å²) >= 11 is 0. The number of hydrogen-bond donors (Lipinski definition) is 1. The predicted molar refractivity (Wildman–Crippen MR) is 76.8 cm³/mol. The minimum atomic E-state index is -2.87. The van der Waals surface area contributed by atoms with Crippen LogP contribution in [-0.2, 0) is 11.3 Å². The van der Waals surface area contributed by atoms with Crippen molar-refractivity contribution in [2.75, 3.05) is 6.61 Å². The molecular formula is C16H14F3NO3. The van der Waals surface area contributed by atoms with E-state index in [1.807, 2.05) is 0 Å². The van der Waals surface area contributed by atoms with Gasteiger partial charge in [-0.05, 0) is 42.0 Å². The number of ether oxygens (including phenoxy) is 2. The van der Waals surface area contributed by atoms with Crippen molar-refractivity contribution in [1.82, 2.24) is 5.32 Å². The molecule has 0 saturated carbocycles. The van der Waals surface area contributed by atoms with Gasteiger partial charge in [0.2, 0.25) is 0 Å². The molecule has 122 valence electrons. The Morgan fingerprint density at radius 3 is 2.22 bits per heavy atom. The molecule has 0 spiro atoms. The molecule has 0 aliphatic heterocycles. The number of amides is 1. The largest absolute Gasteiger partial charge is 0.484 e. The first-order chi connectivity index (χ1) is 11.0. The Bertz CT molecular complexity index is 630. The van der Waals surface area contributed by atoms with Gasteiger partial charge in [-0.25, -0.2) is 4.39 Å². The lowest BCUT2D eigenvalue weighted by Crippen LogP contribution is -2.28. The van der Waals surface area contributed by atoms with Gasteiger partial charge in [-0.3, -0.25) is 4.79 Å². The van der Waals surface area contributed by atoms with Gasteiger partial charge in [0.15, 0.2) is 6.61 Å². The third-order valence-electron chi connectivity index (χ3n) is 2.82. The molecule has 2 aromatic rings. The molecule has 0 radical (unpaired) electrons. The number of alkyl halides is 2. The molecule has 1 amide bonds. The van der Waals surface area contributed by atoms with Crippen LogP contribution in [0.1, 0.15) is 5.56 Å². The highest BCUT2D eigenvalue weighted by Gasteiger charge is 2.05. The highest BCUT2D eigenvalue weighted by molar-refractivity contribution is 5.77. The minimum Gasteiger partial charge on any atom is -0.484 e. The molecule has 0 saturated heterocycles. The fraction of sp³-hybridized carbons (Fsp3) is 0.188. The summed E-state index contributed by atoms with van der Waals surface area (Å²) in [6.45, 7) is -2.86. The highest BCUT2D eigenvalue weighted by Crippen LogP contribution is 2.15. The summed E-state index contributed by atoms with van der Waals surface area (Å²) in [5, 5.41) is 2.61. The van der Waals surface area contributed by atoms with Crippen LogP contribution in [0.25, 0.3) is 0 Å². The first-order valence-electron chi connectivity index (χ1n) is 6.72. The van der Waals surface area contributed by atoms with Gasteiger partial charge in [0.25, 0.3) is 5.91 Å². The van der Waals surface area contributed by atoms with Crippen LogP contribution >= 0.6 is 0 Å². The standard InChI is InChI=1S/C16H14F3NO3/c17-12-3-7-13(8-4-12)22-10-15(21)20-9-11-1-5-14(6-2-11)23-16(18)19/h1-8,16H,9-10H2,(H,20,21). The second-order valence-electron chi connectivity index (χ2n) is 4.54. The lowest BCUT2D eigenvalue weighted by atomic mass is 10.2. The fourth-order valence-electron chi connectivity index (χ4n) is 1.72. The zero-order valence-electron chi connectivity index (χ0n) is 12.0. The second kappa shape index (κ2) is 8.07. The summed E-state index contributed by atoms with van der Waals surface area (Å²) in [5.74, 6) is -0.312. The first kappa shape index (κ1) is 16.7. The molecule has 4 nitrogen and oxygen atoms in total. The van der Waals surface area contributed by atoms with Crippen LogP contribution in [0.2, 0.25) is 0 Å². The molecular weight excluding hydrogens is 311 g/mol. The number of hydrogen-bond acceptors (Lipinski definition) is 3. The van der Waals surface area contributed by atoms with Gasteiger partial charge in [-0.1, -0.05) is 12.1 Å². The van der Waals surface area contributed by atoms with Crippen molar-refractivity contribution < 1.29 is 27.4 Å². The van der Waals surface area contributed by atoms with E-state index in [9.17, 15) is 18.0 Å². The lowest BCUT2D eigenvalue weighted by Gasteiger charge is -2.08. The Labute approximate surface area is 130 Å². The maximum absolute atomic E-state index is 12.7. The summed E-state index contributed by atoms with van der Waals surface area (Å²) in [6, 6.07) is 11.2. The van der Waals surface area contributed by atoms with Crippen LogP contribution in [0.4, 0.5) is 13.2 Å². The van der Waals surface area contributed by atoms with Gasteiger partial charge < -0.3 is 14.8 Å². The summed E-state index contributed by atoms with van der Waals surface area (Å²) in [5.41, 5.74) is 0.724. The van der Waals surface area contributed by atoms with Crippen LogP contribution in [0.3, 0.4) is 0 Å². The molecule has 7 heteroatoms. The Kier molecular flexibility index (Phi) is 5.85. The normalized spacial score (nSPS) is 10.4. The van der Waals surface area contributed by atoms with Gasteiger partial charge in [-0.2, -0.15) is 8.78 Å². The first-order valence-corrected chi connectivity index (χ1v) is 6.72. The van der Waals surface area contributed by atoms with E-state index in [2.05, 4.69) is 10.1 Å². The third kappa shape index (κ3) is 5.90. The van der Waals surface area contributed by atoms with E-state index >= 15 is 0 Å². The molecule has 0 unspecified atom stereocenters. The quantitative estimate of drug-likeness (QED) is 0.851. The summed E-state index contributed by atoms with van der Waals surface area (Å²) in [4.78, 5) is 11.6. The average molecular weight is 325 g/mol. The molecule has 0 aliphatic carbocycles. The maximum Gasteiger partial charge on any atom is 0.387 e. The lowest BCUT2D eigenvalue weighted by molar-refractivity contribution is -0.123. The Morgan fingerprint density at radius 1 is 1.00 bits per heavy atom. The molecule has 2 aromatic carbocycles. The number of carbonyl (C=O) groups excluding carboxylic acids is 1. The average Bonchev–Trinajstić information content (AvgIpc) is 2.53. The van der Waals surface area contributed by atoms with Crippen LogP contribution < -0.4 is 14.8 Å². The number of nitrogens with one attached hydrogen (secondary N) is 1. The van der Waals surface area contributed by atoms with E-state index in [0.29, 0.717) is 5.75 Å². The molecule has 2 rings (SSSR count). The number of carbonyl (C=O) groups is 1. The zero-order chi connectivity index (χ0) is 16.7. The van der Waals surface area contributed by atoms with E-state index < -0.39 is 6.61 Å². The Hall–Kier alpha value is -2.70. The van der Waals surface area contributed by atoms with Gasteiger partial charge >= 0.3 is 6.61 Å². The SMILES string of the molecule is O=C(COc1ccc(F)cc1)NCc1ccc(OC(F)F)cc1. The van der Waals surface area contributed by atoms with Crippen molar-refractivity contribution in [1.29, 1.82) is 0 Å². The molecule has 0 bridgehead atoms. The molecule has 0 aliphatic rings. The van der Waals surface area contributed by atoms with Crippen molar-refractivity contribution in [3.63, 3.8) is 0 Å². The van der Waals surface area contributed by atoms with E-state index in [4.69, 9.17) is 4.74 Å². The fourth-order valence-corrected chi connectivity index (χ4v) is 1.72. The van der Waals surface area contributed by atoms with Gasteiger partial charge in [0, 0.05) is 6.54 Å². The van der Waals surface area contributed by atoms with Crippen molar-refractivity contribution in [2.24, 2.45) is 0 Å². The molecule has 0 aromatic heterocycles. The number of benzene rings is 2. The molecule has 0 atom stereocenters. The predicted octanol–water partition coefficient (Wildman–Crippen LogP) is 3.12. The van der Waals surface area contributed by atoms with Crippen LogP contribution in [0.5, 0.6) is 11.5 Å². The van der Waals surface area contributed by atoms with E-state index in [-0.39, 0.29) is 30.6 Å². The Balaban J connectivity index is 1.74. The van der Waals surface area contributed by atoms with Gasteiger partial charge in [-0.15, -0.1) is 0 Å². The van der Waals surface area contributed by atoms with E-state index in [1.165, 1.54) is 36.4 Å². The minimum absolute atomic E-state index is 0.0507. The molecule has 0 fully saturated rings. The molecule has 1 N–H and O–H groups in total. The Morgan fingerprint density at radius 2 is 1.61 bits per heavy atom. The highest BCUT2D eigenvalue weighted by atomic mass is 19.3. The summed E-state index contributed by atoms with van der Waals surface area (Å²) < 4.78 is 46.1. The van der Waals surface area contributed by atoms with Crippen LogP contribution in [-0.4, -0.2) is 19.1 Å². The molecule has 0 heterocycles. The topological polar surface area (TPSA) is 47.6 Å². The monoisotopic (exact) mass is 325 g/mol. The second-order valence-corrected chi connectivity index (χ2v) is 4.54. The van der Waals surface area contributed by atoms with Crippen molar-refractivity contribution in [2.45, 2.75) is 13.2 Å². The van der Waals surface area contributed by atoms with Gasteiger partial charge in [0.1, 0.15) is 17.3 Å². The van der Waals surface area contributed by atoms with Crippen molar-refractivity contribution >= 4 is 5.91 Å². The third-order valence-corrected chi connectivity index (χ3v) is 2.82. The maximum atomic E-state index is 12.7. The smallest absolute Gasteiger partial charge is 0.387 e. The summed E-state index contributed by atoms with van der Waals surface area (Å²) in [7, 11) is 0. The molecule has 23 heavy (non-hydrogen) atoms. The van der Waals surface area contributed by atoms with E-state index in [1.54, 1.807) is 12.1 Å². The summed E-state index contributed by atoms with van der Waals surface area (Å²) in [6.07, 6.45) is 0. The van der Waals surface area contributed by atoms with Crippen LogP contribution in [0.15, 0.2) is 48.5 Å². The zero-order valence-corrected chi connectivity index (χ0v) is 12.0. The van der Waals surface area contributed by atoms with Crippen LogP contribution in [0, 0.1) is 5.82 Å². The van der Waals surface area contributed by atoms with Gasteiger partial charge in [0.05, 0.1) is 0 Å². The van der Waals surface area contributed by atoms with Crippen molar-refractivity contribution in [3.8, 4) is 11.5 Å².